The second kappa shape index (κ2) is 8.90. The monoisotopic (exact) mass is 397 g/mol. The Kier molecular flexibility index (Phi) is 6.88. The lowest BCUT2D eigenvalue weighted by Crippen LogP contribution is -2.29. The summed E-state index contributed by atoms with van der Waals surface area (Å²) in [4.78, 5) is 24.0. The number of esters is 1. The molecule has 7 heteroatoms. The summed E-state index contributed by atoms with van der Waals surface area (Å²) < 4.78 is 5.06. The van der Waals surface area contributed by atoms with Gasteiger partial charge >= 0.3 is 5.97 Å². The SMILES string of the molecule is C[C@@H](OC(=O)/C=C/c1ccccc1)C(=O)Nc1c(Cl)cc(Cl)cc1Cl. The van der Waals surface area contributed by atoms with Gasteiger partial charge in [-0.2, -0.15) is 0 Å². The van der Waals surface area contributed by atoms with Crippen LogP contribution in [-0.4, -0.2) is 18.0 Å². The summed E-state index contributed by atoms with van der Waals surface area (Å²) in [6, 6.07) is 12.1. The summed E-state index contributed by atoms with van der Waals surface area (Å²) in [6.45, 7) is 1.45. The van der Waals surface area contributed by atoms with Gasteiger partial charge in [-0.25, -0.2) is 4.79 Å². The van der Waals surface area contributed by atoms with Crippen molar-refractivity contribution in [2.45, 2.75) is 13.0 Å². The van der Waals surface area contributed by atoms with Crippen LogP contribution in [0.15, 0.2) is 48.5 Å². The van der Waals surface area contributed by atoms with Crippen molar-refractivity contribution in [3.63, 3.8) is 0 Å². The average Bonchev–Trinajstić information content (AvgIpc) is 2.57. The zero-order valence-electron chi connectivity index (χ0n) is 13.1. The fraction of sp³-hybridized carbons (Fsp3) is 0.111. The van der Waals surface area contributed by atoms with Crippen molar-refractivity contribution in [2.75, 3.05) is 5.32 Å². The number of carbonyl (C=O) groups excluding carboxylic acids is 2. The third-order valence-corrected chi connectivity index (χ3v) is 3.94. The van der Waals surface area contributed by atoms with Crippen LogP contribution >= 0.6 is 34.8 Å². The van der Waals surface area contributed by atoms with E-state index in [0.29, 0.717) is 5.02 Å². The van der Waals surface area contributed by atoms with Crippen LogP contribution in [0.3, 0.4) is 0 Å². The van der Waals surface area contributed by atoms with Gasteiger partial charge in [0.15, 0.2) is 6.10 Å². The molecule has 0 unspecified atom stereocenters. The molecule has 0 heterocycles. The molecule has 130 valence electrons. The minimum Gasteiger partial charge on any atom is -0.449 e. The summed E-state index contributed by atoms with van der Waals surface area (Å²) in [5.41, 5.74) is 1.05. The molecule has 2 aromatic rings. The van der Waals surface area contributed by atoms with Crippen molar-refractivity contribution in [2.24, 2.45) is 0 Å². The number of amides is 1. The van der Waals surface area contributed by atoms with E-state index >= 15 is 0 Å². The van der Waals surface area contributed by atoms with Gasteiger partial charge in [0.2, 0.25) is 0 Å². The Morgan fingerprint density at radius 2 is 1.68 bits per heavy atom. The minimum absolute atomic E-state index is 0.188. The standard InChI is InChI=1S/C18H14Cl3NO3/c1-11(25-16(23)8-7-12-5-3-2-4-6-12)18(24)22-17-14(20)9-13(19)10-15(17)21/h2-11H,1H3,(H,22,24)/b8-7+/t11-/m1/s1. The Hall–Kier alpha value is -2.01. The van der Waals surface area contributed by atoms with Crippen LogP contribution in [0.25, 0.3) is 6.08 Å². The predicted molar refractivity (Wildman–Crippen MR) is 101 cm³/mol. The minimum atomic E-state index is -1.03. The lowest BCUT2D eigenvalue weighted by molar-refractivity contribution is -0.148. The van der Waals surface area contributed by atoms with Crippen LogP contribution in [0.1, 0.15) is 12.5 Å². The zero-order valence-corrected chi connectivity index (χ0v) is 15.4. The van der Waals surface area contributed by atoms with Crippen LogP contribution in [0.2, 0.25) is 15.1 Å². The van der Waals surface area contributed by atoms with Gasteiger partial charge in [-0.1, -0.05) is 65.1 Å². The van der Waals surface area contributed by atoms with E-state index in [4.69, 9.17) is 39.5 Å². The molecule has 4 nitrogen and oxygen atoms in total. The van der Waals surface area contributed by atoms with Gasteiger partial charge in [0.25, 0.3) is 5.91 Å². The van der Waals surface area contributed by atoms with Crippen LogP contribution in [-0.2, 0) is 14.3 Å². The number of halogens is 3. The lowest BCUT2D eigenvalue weighted by Gasteiger charge is -2.14. The molecule has 1 N–H and O–H groups in total. The number of carbonyl (C=O) groups is 2. The highest BCUT2D eigenvalue weighted by atomic mass is 35.5. The van der Waals surface area contributed by atoms with Crippen molar-refractivity contribution < 1.29 is 14.3 Å². The topological polar surface area (TPSA) is 55.4 Å². The molecule has 25 heavy (non-hydrogen) atoms. The second-order valence-corrected chi connectivity index (χ2v) is 6.31. The summed E-state index contributed by atoms with van der Waals surface area (Å²) in [5, 5.41) is 3.24. The Balaban J connectivity index is 1.96. The van der Waals surface area contributed by atoms with Gasteiger partial charge < -0.3 is 10.1 Å². The average molecular weight is 399 g/mol. The summed E-state index contributed by atoms with van der Waals surface area (Å²) in [6.07, 6.45) is 1.82. The number of rotatable bonds is 5. The van der Waals surface area contributed by atoms with Crippen molar-refractivity contribution in [3.05, 3.63) is 69.2 Å². The maximum Gasteiger partial charge on any atom is 0.331 e. The van der Waals surface area contributed by atoms with Gasteiger partial charge in [0.1, 0.15) is 0 Å². The van der Waals surface area contributed by atoms with Crippen LogP contribution in [0.4, 0.5) is 5.69 Å². The highest BCUT2D eigenvalue weighted by molar-refractivity contribution is 6.42. The first-order valence-electron chi connectivity index (χ1n) is 7.26. The first kappa shape index (κ1) is 19.3. The molecule has 0 saturated carbocycles. The number of hydrogen-bond donors (Lipinski definition) is 1. The predicted octanol–water partition coefficient (Wildman–Crippen LogP) is 5.23. The van der Waals surface area contributed by atoms with Crippen molar-refractivity contribution >= 4 is 58.4 Å². The molecule has 0 aliphatic carbocycles. The molecule has 2 rings (SSSR count). The fourth-order valence-corrected chi connectivity index (χ4v) is 2.79. The first-order valence-corrected chi connectivity index (χ1v) is 8.39. The van der Waals surface area contributed by atoms with E-state index in [2.05, 4.69) is 5.32 Å². The summed E-state index contributed by atoms with van der Waals surface area (Å²) in [5.74, 6) is -1.20. The molecule has 0 spiro atoms. The molecule has 0 bridgehead atoms. The number of benzene rings is 2. The van der Waals surface area contributed by atoms with Gasteiger partial charge in [-0.3, -0.25) is 4.79 Å². The van der Waals surface area contributed by atoms with Gasteiger partial charge in [-0.05, 0) is 30.7 Å². The van der Waals surface area contributed by atoms with Gasteiger partial charge in [0.05, 0.1) is 15.7 Å². The van der Waals surface area contributed by atoms with E-state index in [0.717, 1.165) is 5.56 Å². The summed E-state index contributed by atoms with van der Waals surface area (Å²) >= 11 is 17.8. The molecule has 1 amide bonds. The maximum absolute atomic E-state index is 12.1. The van der Waals surface area contributed by atoms with Gasteiger partial charge in [-0.15, -0.1) is 0 Å². The highest BCUT2D eigenvalue weighted by Crippen LogP contribution is 2.33. The highest BCUT2D eigenvalue weighted by Gasteiger charge is 2.19. The summed E-state index contributed by atoms with van der Waals surface area (Å²) in [7, 11) is 0. The maximum atomic E-state index is 12.1. The molecule has 0 aliphatic rings. The van der Waals surface area contributed by atoms with E-state index in [-0.39, 0.29) is 15.7 Å². The molecular formula is C18H14Cl3NO3. The zero-order chi connectivity index (χ0) is 18.4. The first-order chi connectivity index (χ1) is 11.9. The number of nitrogens with one attached hydrogen (secondary N) is 1. The third-order valence-electron chi connectivity index (χ3n) is 3.13. The molecule has 0 aromatic heterocycles. The lowest BCUT2D eigenvalue weighted by atomic mass is 10.2. The molecule has 0 radical (unpaired) electrons. The number of ether oxygens (including phenoxy) is 1. The largest absolute Gasteiger partial charge is 0.449 e. The third kappa shape index (κ3) is 5.78. The van der Waals surface area contributed by atoms with E-state index < -0.39 is 18.0 Å². The molecule has 0 aliphatic heterocycles. The van der Waals surface area contributed by atoms with Crippen LogP contribution in [0, 0.1) is 0 Å². The Bertz CT molecular complexity index is 783. The Morgan fingerprint density at radius 1 is 1.08 bits per heavy atom. The van der Waals surface area contributed by atoms with E-state index in [1.807, 2.05) is 30.3 Å². The molecule has 0 fully saturated rings. The Morgan fingerprint density at radius 3 is 2.28 bits per heavy atom. The number of hydrogen-bond acceptors (Lipinski definition) is 3. The molecule has 0 saturated heterocycles. The molecule has 1 atom stereocenters. The van der Waals surface area contributed by atoms with Crippen molar-refractivity contribution in [1.82, 2.24) is 0 Å². The van der Waals surface area contributed by atoms with Crippen LogP contribution < -0.4 is 5.32 Å². The van der Waals surface area contributed by atoms with E-state index in [9.17, 15) is 9.59 Å². The van der Waals surface area contributed by atoms with E-state index in [1.165, 1.54) is 25.1 Å². The Labute approximate surface area is 160 Å². The molecular weight excluding hydrogens is 385 g/mol. The van der Waals surface area contributed by atoms with Crippen LogP contribution in [0.5, 0.6) is 0 Å². The normalized spacial score (nSPS) is 12.0. The van der Waals surface area contributed by atoms with Gasteiger partial charge in [0, 0.05) is 11.1 Å². The quantitative estimate of drug-likeness (QED) is 0.554. The van der Waals surface area contributed by atoms with Crippen molar-refractivity contribution in [1.29, 1.82) is 0 Å². The van der Waals surface area contributed by atoms with E-state index in [1.54, 1.807) is 6.08 Å². The van der Waals surface area contributed by atoms with Crippen molar-refractivity contribution in [3.8, 4) is 0 Å². The number of anilines is 1. The molecule has 2 aromatic carbocycles. The second-order valence-electron chi connectivity index (χ2n) is 5.06. The smallest absolute Gasteiger partial charge is 0.331 e. The fourth-order valence-electron chi connectivity index (χ4n) is 1.88.